The summed E-state index contributed by atoms with van der Waals surface area (Å²) in [5.41, 5.74) is 1.49. The van der Waals surface area contributed by atoms with Crippen LogP contribution in [0.15, 0.2) is 33.5 Å². The molecule has 1 fully saturated rings. The highest BCUT2D eigenvalue weighted by atomic mass is 79.9. The first kappa shape index (κ1) is 11.9. The lowest BCUT2D eigenvalue weighted by atomic mass is 10.2. The van der Waals surface area contributed by atoms with E-state index in [0.29, 0.717) is 16.8 Å². The number of benzene rings is 1. The van der Waals surface area contributed by atoms with Gasteiger partial charge >= 0.3 is 0 Å². The van der Waals surface area contributed by atoms with Gasteiger partial charge in [-0.15, -0.1) is 0 Å². The number of H-pyrrole nitrogens is 1. The van der Waals surface area contributed by atoms with Gasteiger partial charge in [0.1, 0.15) is 5.82 Å². The normalized spacial score (nSPS) is 14.8. The SMILES string of the molecule is O=c1cc(C2CC2)nc(-c2ccc(Br)cc2Cl)[nH]1. The largest absolute Gasteiger partial charge is 0.306 e. The molecule has 1 heterocycles. The van der Waals surface area contributed by atoms with Gasteiger partial charge in [0, 0.05) is 22.0 Å². The third-order valence-corrected chi connectivity index (χ3v) is 3.75. The number of hydrogen-bond acceptors (Lipinski definition) is 2. The topological polar surface area (TPSA) is 45.8 Å². The summed E-state index contributed by atoms with van der Waals surface area (Å²) in [6.07, 6.45) is 2.23. The number of nitrogens with one attached hydrogen (secondary N) is 1. The molecule has 0 unspecified atom stereocenters. The molecule has 3 nitrogen and oxygen atoms in total. The van der Waals surface area contributed by atoms with Gasteiger partial charge in [-0.2, -0.15) is 0 Å². The first-order valence-electron chi connectivity index (χ1n) is 5.70. The molecule has 92 valence electrons. The van der Waals surface area contributed by atoms with Crippen molar-refractivity contribution in [2.24, 2.45) is 0 Å². The minimum atomic E-state index is -0.124. The number of aromatic amines is 1. The van der Waals surface area contributed by atoms with Crippen molar-refractivity contribution in [1.29, 1.82) is 0 Å². The molecule has 1 aromatic heterocycles. The minimum absolute atomic E-state index is 0.124. The molecular weight excluding hydrogens is 316 g/mol. The Labute approximate surface area is 117 Å². The Morgan fingerprint density at radius 1 is 1.33 bits per heavy atom. The summed E-state index contributed by atoms with van der Waals surface area (Å²) in [4.78, 5) is 18.9. The highest BCUT2D eigenvalue weighted by Gasteiger charge is 2.26. The van der Waals surface area contributed by atoms with E-state index in [2.05, 4.69) is 25.9 Å². The molecule has 1 aromatic carbocycles. The van der Waals surface area contributed by atoms with E-state index in [1.54, 1.807) is 12.1 Å². The van der Waals surface area contributed by atoms with E-state index >= 15 is 0 Å². The van der Waals surface area contributed by atoms with Crippen molar-refractivity contribution in [3.05, 3.63) is 49.8 Å². The second-order valence-electron chi connectivity index (χ2n) is 4.42. The lowest BCUT2D eigenvalue weighted by Gasteiger charge is -2.06. The van der Waals surface area contributed by atoms with Gasteiger partial charge in [-0.25, -0.2) is 4.98 Å². The standard InChI is InChI=1S/C13H10BrClN2O/c14-8-3-4-9(10(15)5-8)13-16-11(7-1-2-7)6-12(18)17-13/h3-7H,1-2H2,(H,16,17,18). The lowest BCUT2D eigenvalue weighted by Crippen LogP contribution is -2.10. The van der Waals surface area contributed by atoms with E-state index in [1.807, 2.05) is 12.1 Å². The van der Waals surface area contributed by atoms with Crippen LogP contribution in [0.25, 0.3) is 11.4 Å². The van der Waals surface area contributed by atoms with Crippen LogP contribution >= 0.6 is 27.5 Å². The molecular formula is C13H10BrClN2O. The Morgan fingerprint density at radius 3 is 2.78 bits per heavy atom. The Morgan fingerprint density at radius 2 is 2.11 bits per heavy atom. The van der Waals surface area contributed by atoms with Crippen molar-refractivity contribution in [2.75, 3.05) is 0 Å². The van der Waals surface area contributed by atoms with Crippen LogP contribution in [-0.2, 0) is 0 Å². The number of aromatic nitrogens is 2. The van der Waals surface area contributed by atoms with E-state index in [1.165, 1.54) is 0 Å². The highest BCUT2D eigenvalue weighted by Crippen LogP contribution is 2.39. The maximum absolute atomic E-state index is 11.6. The molecule has 1 saturated carbocycles. The lowest BCUT2D eigenvalue weighted by molar-refractivity contribution is 0.977. The predicted octanol–water partition coefficient (Wildman–Crippen LogP) is 3.73. The Balaban J connectivity index is 2.13. The van der Waals surface area contributed by atoms with Gasteiger partial charge in [0.15, 0.2) is 0 Å². The van der Waals surface area contributed by atoms with E-state index in [4.69, 9.17) is 11.6 Å². The maximum Gasteiger partial charge on any atom is 0.251 e. The number of hydrogen-bond donors (Lipinski definition) is 1. The summed E-state index contributed by atoms with van der Waals surface area (Å²) in [5.74, 6) is 0.988. The summed E-state index contributed by atoms with van der Waals surface area (Å²) in [7, 11) is 0. The average molecular weight is 326 g/mol. The van der Waals surface area contributed by atoms with E-state index in [-0.39, 0.29) is 5.56 Å². The van der Waals surface area contributed by atoms with Crippen molar-refractivity contribution in [3.8, 4) is 11.4 Å². The Kier molecular flexibility index (Phi) is 2.99. The van der Waals surface area contributed by atoms with Crippen molar-refractivity contribution in [2.45, 2.75) is 18.8 Å². The number of rotatable bonds is 2. The van der Waals surface area contributed by atoms with Crippen LogP contribution in [0.2, 0.25) is 5.02 Å². The molecule has 0 aliphatic heterocycles. The van der Waals surface area contributed by atoms with Crippen LogP contribution in [0.4, 0.5) is 0 Å². The third-order valence-electron chi connectivity index (χ3n) is 2.94. The summed E-state index contributed by atoms with van der Waals surface area (Å²) in [5, 5.41) is 0.570. The van der Waals surface area contributed by atoms with E-state index < -0.39 is 0 Å². The van der Waals surface area contributed by atoms with Crippen LogP contribution in [0.5, 0.6) is 0 Å². The predicted molar refractivity (Wildman–Crippen MR) is 75.0 cm³/mol. The molecule has 3 rings (SSSR count). The van der Waals surface area contributed by atoms with Crippen molar-refractivity contribution in [1.82, 2.24) is 9.97 Å². The van der Waals surface area contributed by atoms with E-state index in [0.717, 1.165) is 28.6 Å². The second-order valence-corrected chi connectivity index (χ2v) is 5.74. The molecule has 0 spiro atoms. The van der Waals surface area contributed by atoms with Gasteiger partial charge in [0.05, 0.1) is 10.7 Å². The molecule has 0 bridgehead atoms. The van der Waals surface area contributed by atoms with Crippen LogP contribution in [0.1, 0.15) is 24.5 Å². The maximum atomic E-state index is 11.6. The quantitative estimate of drug-likeness (QED) is 0.914. The average Bonchev–Trinajstić information content (AvgIpc) is 3.11. The second kappa shape index (κ2) is 4.52. The molecule has 0 amide bonds. The molecule has 0 radical (unpaired) electrons. The fourth-order valence-electron chi connectivity index (χ4n) is 1.87. The smallest absolute Gasteiger partial charge is 0.251 e. The first-order chi connectivity index (χ1) is 8.63. The number of nitrogens with zero attached hydrogens (tertiary/aromatic N) is 1. The van der Waals surface area contributed by atoms with Crippen LogP contribution < -0.4 is 5.56 Å². The molecule has 2 aromatic rings. The molecule has 0 atom stereocenters. The van der Waals surface area contributed by atoms with Crippen molar-refractivity contribution < 1.29 is 0 Å². The van der Waals surface area contributed by atoms with Gasteiger partial charge in [0.25, 0.3) is 5.56 Å². The zero-order chi connectivity index (χ0) is 12.7. The summed E-state index contributed by atoms with van der Waals surface area (Å²) < 4.78 is 0.900. The minimum Gasteiger partial charge on any atom is -0.306 e. The van der Waals surface area contributed by atoms with Crippen LogP contribution in [0, 0.1) is 0 Å². The van der Waals surface area contributed by atoms with Crippen molar-refractivity contribution in [3.63, 3.8) is 0 Å². The summed E-state index contributed by atoms with van der Waals surface area (Å²) in [6, 6.07) is 7.10. The first-order valence-corrected chi connectivity index (χ1v) is 6.87. The third kappa shape index (κ3) is 2.35. The van der Waals surface area contributed by atoms with Crippen LogP contribution in [-0.4, -0.2) is 9.97 Å². The Bertz CT molecular complexity index is 664. The van der Waals surface area contributed by atoms with Crippen molar-refractivity contribution >= 4 is 27.5 Å². The molecule has 5 heteroatoms. The fraction of sp³-hybridized carbons (Fsp3) is 0.231. The van der Waals surface area contributed by atoms with Gasteiger partial charge in [-0.3, -0.25) is 4.79 Å². The zero-order valence-corrected chi connectivity index (χ0v) is 11.8. The number of halogens is 2. The summed E-state index contributed by atoms with van der Waals surface area (Å²) in [6.45, 7) is 0. The van der Waals surface area contributed by atoms with Gasteiger partial charge < -0.3 is 4.98 Å². The molecule has 1 N–H and O–H groups in total. The monoisotopic (exact) mass is 324 g/mol. The molecule has 18 heavy (non-hydrogen) atoms. The fourth-order valence-corrected chi connectivity index (χ4v) is 2.64. The van der Waals surface area contributed by atoms with Gasteiger partial charge in [-0.05, 0) is 31.0 Å². The van der Waals surface area contributed by atoms with Gasteiger partial charge in [-0.1, -0.05) is 27.5 Å². The molecule has 1 aliphatic carbocycles. The van der Waals surface area contributed by atoms with E-state index in [9.17, 15) is 4.79 Å². The Hall–Kier alpha value is -1.13. The molecule has 0 saturated heterocycles. The summed E-state index contributed by atoms with van der Waals surface area (Å²) >= 11 is 9.53. The van der Waals surface area contributed by atoms with Crippen LogP contribution in [0.3, 0.4) is 0 Å². The molecule has 1 aliphatic rings. The zero-order valence-electron chi connectivity index (χ0n) is 9.41. The van der Waals surface area contributed by atoms with Gasteiger partial charge in [0.2, 0.25) is 0 Å². The highest BCUT2D eigenvalue weighted by molar-refractivity contribution is 9.10.